The minimum atomic E-state index is -0.233. The molecule has 17 heavy (non-hydrogen) atoms. The molecular formula is C12H15N2O3+. The number of fused-ring (bicyclic) bond motifs is 1. The molecule has 0 aliphatic carbocycles. The Labute approximate surface area is 99.2 Å². The maximum Gasteiger partial charge on any atom is 0.261 e. The fourth-order valence-electron chi connectivity index (χ4n) is 1.80. The van der Waals surface area contributed by atoms with Gasteiger partial charge in [-0.1, -0.05) is 12.1 Å². The average Bonchev–Trinajstić information content (AvgIpc) is 2.60. The van der Waals surface area contributed by atoms with E-state index in [1.165, 1.54) is 4.90 Å². The van der Waals surface area contributed by atoms with Crippen LogP contribution in [0.3, 0.4) is 0 Å². The number of imide groups is 1. The molecule has 0 atom stereocenters. The summed E-state index contributed by atoms with van der Waals surface area (Å²) < 4.78 is 5.23. The molecule has 1 aromatic carbocycles. The SMILES string of the molecule is [NH3+]CCOCCN1C(=O)c2ccccc2C1=O. The minimum absolute atomic E-state index is 0.233. The Hall–Kier alpha value is -1.72. The number of hydrogen-bond donors (Lipinski definition) is 1. The van der Waals surface area contributed by atoms with E-state index < -0.39 is 0 Å². The first-order valence-electron chi connectivity index (χ1n) is 5.58. The van der Waals surface area contributed by atoms with E-state index in [1.54, 1.807) is 24.3 Å². The van der Waals surface area contributed by atoms with E-state index in [-0.39, 0.29) is 11.8 Å². The predicted molar refractivity (Wildman–Crippen MR) is 60.4 cm³/mol. The van der Waals surface area contributed by atoms with Crippen molar-refractivity contribution >= 4 is 11.8 Å². The van der Waals surface area contributed by atoms with Crippen molar-refractivity contribution in [2.24, 2.45) is 0 Å². The lowest BCUT2D eigenvalue weighted by Crippen LogP contribution is -2.52. The number of rotatable bonds is 5. The highest BCUT2D eigenvalue weighted by Gasteiger charge is 2.34. The number of quaternary nitrogens is 1. The van der Waals surface area contributed by atoms with Crippen LogP contribution in [0.25, 0.3) is 0 Å². The van der Waals surface area contributed by atoms with Crippen molar-refractivity contribution in [3.63, 3.8) is 0 Å². The Kier molecular flexibility index (Phi) is 3.51. The van der Waals surface area contributed by atoms with E-state index in [0.717, 1.165) is 0 Å². The average molecular weight is 235 g/mol. The lowest BCUT2D eigenvalue weighted by Gasteiger charge is -2.13. The molecule has 1 aromatic rings. The first kappa shape index (κ1) is 11.8. The Morgan fingerprint density at radius 3 is 2.18 bits per heavy atom. The lowest BCUT2D eigenvalue weighted by molar-refractivity contribution is -0.374. The summed E-state index contributed by atoms with van der Waals surface area (Å²) >= 11 is 0. The van der Waals surface area contributed by atoms with Gasteiger partial charge in [0.05, 0.1) is 37.4 Å². The summed E-state index contributed by atoms with van der Waals surface area (Å²) in [4.78, 5) is 25.0. The second-order valence-electron chi connectivity index (χ2n) is 3.77. The van der Waals surface area contributed by atoms with E-state index >= 15 is 0 Å². The lowest BCUT2D eigenvalue weighted by atomic mass is 10.1. The minimum Gasteiger partial charge on any atom is -0.374 e. The largest absolute Gasteiger partial charge is 0.374 e. The van der Waals surface area contributed by atoms with Crippen LogP contribution >= 0.6 is 0 Å². The molecule has 0 unspecified atom stereocenters. The van der Waals surface area contributed by atoms with Crippen LogP contribution in [0.5, 0.6) is 0 Å². The molecule has 1 heterocycles. The van der Waals surface area contributed by atoms with Gasteiger partial charge < -0.3 is 10.5 Å². The summed E-state index contributed by atoms with van der Waals surface area (Å²) in [6.07, 6.45) is 0. The molecular weight excluding hydrogens is 220 g/mol. The van der Waals surface area contributed by atoms with Gasteiger partial charge in [-0.25, -0.2) is 0 Å². The van der Waals surface area contributed by atoms with E-state index in [9.17, 15) is 9.59 Å². The van der Waals surface area contributed by atoms with Gasteiger partial charge in [-0.15, -0.1) is 0 Å². The molecule has 0 saturated carbocycles. The number of benzene rings is 1. The van der Waals surface area contributed by atoms with Crippen LogP contribution in [-0.2, 0) is 4.74 Å². The van der Waals surface area contributed by atoms with Crippen molar-refractivity contribution in [3.8, 4) is 0 Å². The zero-order valence-corrected chi connectivity index (χ0v) is 9.52. The molecule has 0 spiro atoms. The van der Waals surface area contributed by atoms with Crippen LogP contribution in [0, 0.1) is 0 Å². The van der Waals surface area contributed by atoms with Gasteiger partial charge in [-0.2, -0.15) is 0 Å². The Morgan fingerprint density at radius 2 is 1.65 bits per heavy atom. The molecule has 0 radical (unpaired) electrons. The summed E-state index contributed by atoms with van der Waals surface area (Å²) in [6, 6.07) is 6.86. The number of nitrogens with zero attached hydrogens (tertiary/aromatic N) is 1. The zero-order chi connectivity index (χ0) is 12.3. The third-order valence-corrected chi connectivity index (χ3v) is 2.63. The highest BCUT2D eigenvalue weighted by molar-refractivity contribution is 6.21. The topological polar surface area (TPSA) is 74.2 Å². The fraction of sp³-hybridized carbons (Fsp3) is 0.333. The van der Waals surface area contributed by atoms with E-state index in [2.05, 4.69) is 5.73 Å². The molecule has 3 N–H and O–H groups in total. The van der Waals surface area contributed by atoms with Crippen molar-refractivity contribution in [1.82, 2.24) is 4.90 Å². The van der Waals surface area contributed by atoms with E-state index in [4.69, 9.17) is 4.74 Å². The third-order valence-electron chi connectivity index (χ3n) is 2.63. The second kappa shape index (κ2) is 5.07. The van der Waals surface area contributed by atoms with Crippen LogP contribution < -0.4 is 5.73 Å². The van der Waals surface area contributed by atoms with Crippen molar-refractivity contribution in [2.75, 3.05) is 26.3 Å². The van der Waals surface area contributed by atoms with Gasteiger partial charge in [-0.3, -0.25) is 14.5 Å². The van der Waals surface area contributed by atoms with Crippen LogP contribution in [0.2, 0.25) is 0 Å². The van der Waals surface area contributed by atoms with Crippen molar-refractivity contribution < 1.29 is 20.1 Å². The summed E-state index contributed by atoms with van der Waals surface area (Å²) in [7, 11) is 0. The summed E-state index contributed by atoms with van der Waals surface area (Å²) in [5.74, 6) is -0.465. The van der Waals surface area contributed by atoms with Gasteiger partial charge in [0.2, 0.25) is 0 Å². The molecule has 1 aliphatic rings. The standard InChI is InChI=1S/C12H14N2O3/c13-5-7-17-8-6-14-11(15)9-3-1-2-4-10(9)12(14)16/h1-4H,5-8,13H2/p+1. The number of hydrogen-bond acceptors (Lipinski definition) is 3. The smallest absolute Gasteiger partial charge is 0.261 e. The van der Waals surface area contributed by atoms with Gasteiger partial charge in [-0.05, 0) is 12.1 Å². The highest BCUT2D eigenvalue weighted by atomic mass is 16.5. The highest BCUT2D eigenvalue weighted by Crippen LogP contribution is 2.21. The number of ether oxygens (including phenoxy) is 1. The molecule has 0 saturated heterocycles. The first-order valence-corrected chi connectivity index (χ1v) is 5.58. The van der Waals surface area contributed by atoms with Crippen LogP contribution in [0.1, 0.15) is 20.7 Å². The van der Waals surface area contributed by atoms with E-state index in [1.807, 2.05) is 0 Å². The quantitative estimate of drug-likeness (QED) is 0.554. The van der Waals surface area contributed by atoms with Crippen LogP contribution in [0.15, 0.2) is 24.3 Å². The molecule has 1 aliphatic heterocycles. The molecule has 90 valence electrons. The molecule has 0 aromatic heterocycles. The first-order chi connectivity index (χ1) is 8.25. The van der Waals surface area contributed by atoms with Crippen molar-refractivity contribution in [2.45, 2.75) is 0 Å². The normalized spacial score (nSPS) is 14.3. The summed E-state index contributed by atoms with van der Waals surface area (Å²) in [5, 5.41) is 0. The van der Waals surface area contributed by atoms with Crippen LogP contribution in [-0.4, -0.2) is 43.0 Å². The summed E-state index contributed by atoms with van der Waals surface area (Å²) in [5.41, 5.74) is 4.61. The number of carbonyl (C=O) groups is 2. The van der Waals surface area contributed by atoms with Crippen molar-refractivity contribution in [1.29, 1.82) is 0 Å². The number of carbonyl (C=O) groups excluding carboxylic acids is 2. The van der Waals surface area contributed by atoms with Gasteiger partial charge in [0.1, 0.15) is 0 Å². The Bertz CT molecular complexity index is 410. The molecule has 5 nitrogen and oxygen atoms in total. The zero-order valence-electron chi connectivity index (χ0n) is 9.52. The molecule has 0 bridgehead atoms. The molecule has 2 rings (SSSR count). The second-order valence-corrected chi connectivity index (χ2v) is 3.77. The maximum absolute atomic E-state index is 11.9. The maximum atomic E-state index is 11.9. The van der Waals surface area contributed by atoms with E-state index in [0.29, 0.717) is 37.4 Å². The summed E-state index contributed by atoms with van der Waals surface area (Å²) in [6.45, 7) is 1.89. The molecule has 5 heteroatoms. The number of amides is 2. The molecule has 2 amide bonds. The van der Waals surface area contributed by atoms with Gasteiger partial charge >= 0.3 is 0 Å². The third kappa shape index (κ3) is 2.20. The Balaban J connectivity index is 2.03. The van der Waals surface area contributed by atoms with Gasteiger partial charge in [0.15, 0.2) is 0 Å². The Morgan fingerprint density at radius 1 is 1.06 bits per heavy atom. The van der Waals surface area contributed by atoms with Crippen LogP contribution in [0.4, 0.5) is 0 Å². The van der Waals surface area contributed by atoms with Gasteiger partial charge in [0.25, 0.3) is 11.8 Å². The fourth-order valence-corrected chi connectivity index (χ4v) is 1.80. The monoisotopic (exact) mass is 235 g/mol. The molecule has 0 fully saturated rings. The predicted octanol–water partition coefficient (Wildman–Crippen LogP) is -0.459. The van der Waals surface area contributed by atoms with Crippen molar-refractivity contribution in [3.05, 3.63) is 35.4 Å². The van der Waals surface area contributed by atoms with Gasteiger partial charge in [0, 0.05) is 0 Å².